The van der Waals surface area contributed by atoms with Gasteiger partial charge in [0.1, 0.15) is 6.04 Å². The summed E-state index contributed by atoms with van der Waals surface area (Å²) in [5, 5.41) is 3.64. The molecule has 2 aromatic carbocycles. The highest BCUT2D eigenvalue weighted by Crippen LogP contribution is 2.38. The molecule has 2 aliphatic heterocycles. The molecule has 0 saturated carbocycles. The Balaban J connectivity index is 1.66. The fourth-order valence-corrected chi connectivity index (χ4v) is 5.77. The van der Waals surface area contributed by atoms with Crippen molar-refractivity contribution in [1.29, 1.82) is 0 Å². The van der Waals surface area contributed by atoms with Crippen LogP contribution in [-0.2, 0) is 30.6 Å². The molecule has 2 amide bonds. The number of halogens is 2. The fourth-order valence-electron chi connectivity index (χ4n) is 4.37. The average molecular weight is 523 g/mol. The summed E-state index contributed by atoms with van der Waals surface area (Å²) in [7, 11) is -3.40. The standard InChI is InChI=1S/C24H24Cl2N2O5S/c1-14(29)28-8-5-16-11-18(34(2,31)32)3-4-19(16)23(28)24(30)27-17-12-20(25)22(21(26)13-17)15-6-9-33-10-7-15/h3-4,6,11-13,23H,5,7-10H2,1-2H3,(H,27,30). The lowest BCUT2D eigenvalue weighted by atomic mass is 9.91. The average Bonchev–Trinajstić information content (AvgIpc) is 2.77. The van der Waals surface area contributed by atoms with E-state index in [1.807, 2.05) is 6.08 Å². The van der Waals surface area contributed by atoms with Gasteiger partial charge in [-0.15, -0.1) is 0 Å². The van der Waals surface area contributed by atoms with Crippen molar-refractivity contribution in [2.75, 3.05) is 31.3 Å². The van der Waals surface area contributed by atoms with Gasteiger partial charge in [-0.3, -0.25) is 9.59 Å². The van der Waals surface area contributed by atoms with E-state index in [9.17, 15) is 18.0 Å². The molecule has 0 saturated heterocycles. The second-order valence-electron chi connectivity index (χ2n) is 8.36. The Labute approximate surface area is 208 Å². The number of fused-ring (bicyclic) bond motifs is 1. The number of carbonyl (C=O) groups excluding carboxylic acids is 2. The predicted molar refractivity (Wildman–Crippen MR) is 132 cm³/mol. The van der Waals surface area contributed by atoms with Gasteiger partial charge in [-0.2, -0.15) is 0 Å². The monoisotopic (exact) mass is 522 g/mol. The van der Waals surface area contributed by atoms with Gasteiger partial charge in [-0.05, 0) is 53.8 Å². The minimum absolute atomic E-state index is 0.179. The molecule has 2 heterocycles. The largest absolute Gasteiger partial charge is 0.377 e. The van der Waals surface area contributed by atoms with Crippen molar-refractivity contribution in [2.45, 2.75) is 30.7 Å². The van der Waals surface area contributed by atoms with E-state index >= 15 is 0 Å². The van der Waals surface area contributed by atoms with Crippen LogP contribution in [0.25, 0.3) is 5.57 Å². The number of carbonyl (C=O) groups is 2. The van der Waals surface area contributed by atoms with E-state index in [1.54, 1.807) is 24.3 Å². The molecule has 10 heteroatoms. The number of hydrogen-bond acceptors (Lipinski definition) is 5. The predicted octanol–water partition coefficient (Wildman–Crippen LogP) is 4.29. The van der Waals surface area contributed by atoms with Crippen LogP contribution < -0.4 is 5.32 Å². The van der Waals surface area contributed by atoms with Gasteiger partial charge in [-0.1, -0.05) is 35.3 Å². The summed E-state index contributed by atoms with van der Waals surface area (Å²) in [4.78, 5) is 27.4. The molecule has 0 aromatic heterocycles. The summed E-state index contributed by atoms with van der Waals surface area (Å²) < 4.78 is 29.3. The molecule has 4 rings (SSSR count). The number of sulfone groups is 1. The quantitative estimate of drug-likeness (QED) is 0.646. The summed E-state index contributed by atoms with van der Waals surface area (Å²) in [5.74, 6) is -0.690. The Hall–Kier alpha value is -2.39. The maximum Gasteiger partial charge on any atom is 0.251 e. The smallest absolute Gasteiger partial charge is 0.251 e. The van der Waals surface area contributed by atoms with Gasteiger partial charge in [0, 0.05) is 31.0 Å². The highest BCUT2D eigenvalue weighted by molar-refractivity contribution is 7.90. The molecular weight excluding hydrogens is 499 g/mol. The molecule has 2 aliphatic rings. The molecule has 7 nitrogen and oxygen atoms in total. The number of anilines is 1. The summed E-state index contributed by atoms with van der Waals surface area (Å²) in [6.07, 6.45) is 4.21. The molecule has 0 aliphatic carbocycles. The van der Waals surface area contributed by atoms with Gasteiger partial charge in [0.2, 0.25) is 5.91 Å². The van der Waals surface area contributed by atoms with Crippen LogP contribution in [0.2, 0.25) is 10.0 Å². The van der Waals surface area contributed by atoms with Gasteiger partial charge in [0.25, 0.3) is 5.91 Å². The van der Waals surface area contributed by atoms with Crippen molar-refractivity contribution < 1.29 is 22.7 Å². The molecule has 1 atom stereocenters. The maximum atomic E-state index is 13.4. The first-order valence-electron chi connectivity index (χ1n) is 10.7. The van der Waals surface area contributed by atoms with Crippen molar-refractivity contribution in [1.82, 2.24) is 4.90 Å². The Kier molecular flexibility index (Phi) is 7.05. The van der Waals surface area contributed by atoms with Crippen molar-refractivity contribution >= 4 is 56.1 Å². The number of nitrogens with zero attached hydrogens (tertiary/aromatic N) is 1. The van der Waals surface area contributed by atoms with Crippen LogP contribution in [0.15, 0.2) is 41.3 Å². The van der Waals surface area contributed by atoms with Crippen LogP contribution in [-0.4, -0.2) is 51.1 Å². The zero-order valence-corrected chi connectivity index (χ0v) is 21.1. The Bertz CT molecular complexity index is 1280. The highest BCUT2D eigenvalue weighted by atomic mass is 35.5. The van der Waals surface area contributed by atoms with Crippen molar-refractivity contribution in [2.24, 2.45) is 0 Å². The molecule has 0 radical (unpaired) electrons. The summed E-state index contributed by atoms with van der Waals surface area (Å²) in [5.41, 5.74) is 3.42. The zero-order chi connectivity index (χ0) is 24.6. The minimum atomic E-state index is -3.40. The van der Waals surface area contributed by atoms with Crippen molar-refractivity contribution in [3.8, 4) is 0 Å². The number of nitrogens with one attached hydrogen (secondary N) is 1. The molecular formula is C24H24Cl2N2O5S. The summed E-state index contributed by atoms with van der Waals surface area (Å²) in [6.45, 7) is 2.77. The lowest BCUT2D eigenvalue weighted by Crippen LogP contribution is -2.44. The van der Waals surface area contributed by atoms with Gasteiger partial charge >= 0.3 is 0 Å². The van der Waals surface area contributed by atoms with Crippen LogP contribution >= 0.6 is 23.2 Å². The first-order valence-corrected chi connectivity index (χ1v) is 13.4. The molecule has 180 valence electrons. The van der Waals surface area contributed by atoms with Gasteiger partial charge in [0.15, 0.2) is 9.84 Å². The Morgan fingerprint density at radius 1 is 1.12 bits per heavy atom. The maximum absolute atomic E-state index is 13.4. The highest BCUT2D eigenvalue weighted by Gasteiger charge is 2.35. The molecule has 2 aromatic rings. The van der Waals surface area contributed by atoms with Crippen LogP contribution in [0.5, 0.6) is 0 Å². The van der Waals surface area contributed by atoms with Gasteiger partial charge < -0.3 is 15.0 Å². The van der Waals surface area contributed by atoms with Gasteiger partial charge in [-0.25, -0.2) is 8.42 Å². The topological polar surface area (TPSA) is 92.8 Å². The van der Waals surface area contributed by atoms with Crippen LogP contribution in [0, 0.1) is 0 Å². The van der Waals surface area contributed by atoms with Gasteiger partial charge in [0.05, 0.1) is 28.2 Å². The lowest BCUT2D eigenvalue weighted by Gasteiger charge is -2.36. The first-order chi connectivity index (χ1) is 16.1. The van der Waals surface area contributed by atoms with E-state index in [2.05, 4.69) is 5.32 Å². The number of hydrogen-bond donors (Lipinski definition) is 1. The normalized spacial score (nSPS) is 18.2. The van der Waals surface area contributed by atoms with E-state index in [0.29, 0.717) is 59.5 Å². The number of benzene rings is 2. The van der Waals surface area contributed by atoms with E-state index in [1.165, 1.54) is 17.9 Å². The molecule has 1 unspecified atom stereocenters. The van der Waals surface area contributed by atoms with E-state index in [-0.39, 0.29) is 10.8 Å². The van der Waals surface area contributed by atoms with E-state index < -0.39 is 21.8 Å². The van der Waals surface area contributed by atoms with Crippen LogP contribution in [0.3, 0.4) is 0 Å². The molecule has 0 fully saturated rings. The molecule has 34 heavy (non-hydrogen) atoms. The van der Waals surface area contributed by atoms with Crippen molar-refractivity contribution in [3.63, 3.8) is 0 Å². The number of rotatable bonds is 4. The third kappa shape index (κ3) is 5.00. The van der Waals surface area contributed by atoms with Crippen molar-refractivity contribution in [3.05, 3.63) is 63.1 Å². The third-order valence-electron chi connectivity index (χ3n) is 6.02. The molecule has 0 spiro atoms. The Morgan fingerprint density at radius 3 is 2.41 bits per heavy atom. The van der Waals surface area contributed by atoms with E-state index in [4.69, 9.17) is 27.9 Å². The summed E-state index contributed by atoms with van der Waals surface area (Å²) >= 11 is 13.0. The minimum Gasteiger partial charge on any atom is -0.377 e. The molecule has 1 N–H and O–H groups in total. The fraction of sp³-hybridized carbons (Fsp3) is 0.333. The second kappa shape index (κ2) is 9.70. The third-order valence-corrected chi connectivity index (χ3v) is 7.72. The zero-order valence-electron chi connectivity index (χ0n) is 18.7. The summed E-state index contributed by atoms with van der Waals surface area (Å²) in [6, 6.07) is 6.99. The molecule has 0 bridgehead atoms. The number of ether oxygens (including phenoxy) is 1. The SMILES string of the molecule is CC(=O)N1CCc2cc(S(C)(=O)=O)ccc2C1C(=O)Nc1cc(Cl)c(C2=CCOCC2)c(Cl)c1. The van der Waals surface area contributed by atoms with E-state index in [0.717, 1.165) is 17.4 Å². The van der Waals surface area contributed by atoms with Crippen LogP contribution in [0.1, 0.15) is 36.1 Å². The first kappa shape index (κ1) is 24.7. The Morgan fingerprint density at radius 2 is 1.82 bits per heavy atom. The van der Waals surface area contributed by atoms with Crippen LogP contribution in [0.4, 0.5) is 5.69 Å². The second-order valence-corrected chi connectivity index (χ2v) is 11.2. The number of amides is 2. The lowest BCUT2D eigenvalue weighted by molar-refractivity contribution is -0.137.